The molecule has 2 heterocycles. The maximum Gasteiger partial charge on any atom is 0.103 e. The van der Waals surface area contributed by atoms with Gasteiger partial charge in [0.1, 0.15) is 6.54 Å². The molecular formula is C8H11N2+. The first-order chi connectivity index (χ1) is 4.97. The van der Waals surface area contributed by atoms with E-state index in [0.717, 1.165) is 13.0 Å². The van der Waals surface area contributed by atoms with Gasteiger partial charge in [0.2, 0.25) is 0 Å². The van der Waals surface area contributed by atoms with Crippen LogP contribution in [-0.4, -0.2) is 11.5 Å². The first-order valence-corrected chi connectivity index (χ1v) is 3.71. The van der Waals surface area contributed by atoms with Crippen molar-refractivity contribution in [2.24, 2.45) is 0 Å². The molecule has 0 amide bonds. The summed E-state index contributed by atoms with van der Waals surface area (Å²) in [5.41, 5.74) is 2.71. The first kappa shape index (κ1) is 5.86. The zero-order valence-corrected chi connectivity index (χ0v) is 5.88. The summed E-state index contributed by atoms with van der Waals surface area (Å²) in [5, 5.41) is 2.32. The van der Waals surface area contributed by atoms with Crippen molar-refractivity contribution in [3.05, 3.63) is 29.6 Å². The van der Waals surface area contributed by atoms with Crippen LogP contribution in [0.3, 0.4) is 0 Å². The number of pyridine rings is 1. The molecule has 0 saturated heterocycles. The van der Waals surface area contributed by atoms with Crippen LogP contribution in [0.15, 0.2) is 18.3 Å². The summed E-state index contributed by atoms with van der Waals surface area (Å²) in [7, 11) is 0. The second-order valence-electron chi connectivity index (χ2n) is 2.64. The molecule has 0 atom stereocenters. The molecule has 1 aromatic rings. The maximum atomic E-state index is 4.30. The molecule has 2 N–H and O–H groups in total. The lowest BCUT2D eigenvalue weighted by Crippen LogP contribution is -2.84. The second kappa shape index (κ2) is 2.39. The highest BCUT2D eigenvalue weighted by Gasteiger charge is 2.09. The number of quaternary nitrogens is 1. The highest BCUT2D eigenvalue weighted by molar-refractivity contribution is 5.19. The van der Waals surface area contributed by atoms with E-state index in [0.29, 0.717) is 0 Å². The predicted molar refractivity (Wildman–Crippen MR) is 38.4 cm³/mol. The van der Waals surface area contributed by atoms with Crippen molar-refractivity contribution < 1.29 is 5.32 Å². The Morgan fingerprint density at radius 2 is 2.50 bits per heavy atom. The molecule has 0 bridgehead atoms. The lowest BCUT2D eigenvalue weighted by atomic mass is 10.1. The lowest BCUT2D eigenvalue weighted by molar-refractivity contribution is -0.673. The normalized spacial score (nSPS) is 16.4. The minimum absolute atomic E-state index is 1.11. The molecule has 0 saturated carbocycles. The Balaban J connectivity index is 2.41. The van der Waals surface area contributed by atoms with Crippen LogP contribution in [0.2, 0.25) is 0 Å². The average Bonchev–Trinajstić information content (AvgIpc) is 2.05. The smallest absolute Gasteiger partial charge is 0.103 e. The van der Waals surface area contributed by atoms with Crippen LogP contribution in [0.5, 0.6) is 0 Å². The molecule has 1 aliphatic heterocycles. The molecule has 52 valence electrons. The van der Waals surface area contributed by atoms with Crippen LogP contribution in [0.4, 0.5) is 0 Å². The molecule has 1 aromatic heterocycles. The van der Waals surface area contributed by atoms with Crippen molar-refractivity contribution in [1.29, 1.82) is 0 Å². The minimum atomic E-state index is 1.11. The third kappa shape index (κ3) is 0.907. The summed E-state index contributed by atoms with van der Waals surface area (Å²) in [5.74, 6) is 0. The Bertz CT molecular complexity index is 207. The van der Waals surface area contributed by atoms with Crippen LogP contribution in [0.1, 0.15) is 11.3 Å². The number of hydrogen-bond acceptors (Lipinski definition) is 1. The van der Waals surface area contributed by atoms with Crippen LogP contribution in [0.25, 0.3) is 0 Å². The van der Waals surface area contributed by atoms with Gasteiger partial charge in [-0.3, -0.25) is 4.98 Å². The van der Waals surface area contributed by atoms with E-state index in [9.17, 15) is 0 Å². The van der Waals surface area contributed by atoms with Gasteiger partial charge in [-0.1, -0.05) is 6.07 Å². The largest absolute Gasteiger partial charge is 0.342 e. The van der Waals surface area contributed by atoms with Gasteiger partial charge >= 0.3 is 0 Å². The molecule has 0 unspecified atom stereocenters. The lowest BCUT2D eigenvalue weighted by Gasteiger charge is -2.11. The number of nitrogens with zero attached hydrogens (tertiary/aromatic N) is 1. The quantitative estimate of drug-likeness (QED) is 0.520. The van der Waals surface area contributed by atoms with Gasteiger partial charge in [-0.05, 0) is 6.07 Å². The van der Waals surface area contributed by atoms with E-state index in [1.54, 1.807) is 0 Å². The highest BCUT2D eigenvalue weighted by Crippen LogP contribution is 2.05. The summed E-state index contributed by atoms with van der Waals surface area (Å²) in [6.45, 7) is 2.31. The van der Waals surface area contributed by atoms with Gasteiger partial charge in [-0.25, -0.2) is 0 Å². The molecule has 2 nitrogen and oxygen atoms in total. The zero-order chi connectivity index (χ0) is 6.81. The minimum Gasteiger partial charge on any atom is -0.342 e. The van der Waals surface area contributed by atoms with Crippen LogP contribution in [-0.2, 0) is 13.0 Å². The molecule has 0 fully saturated rings. The van der Waals surface area contributed by atoms with E-state index in [-0.39, 0.29) is 0 Å². The molecule has 0 aliphatic carbocycles. The van der Waals surface area contributed by atoms with Gasteiger partial charge in [0, 0.05) is 18.2 Å². The van der Waals surface area contributed by atoms with Gasteiger partial charge < -0.3 is 5.32 Å². The fourth-order valence-corrected chi connectivity index (χ4v) is 1.38. The van der Waals surface area contributed by atoms with Gasteiger partial charge in [-0.15, -0.1) is 0 Å². The number of aromatic nitrogens is 1. The topological polar surface area (TPSA) is 29.5 Å². The summed E-state index contributed by atoms with van der Waals surface area (Å²) in [4.78, 5) is 4.30. The number of hydrogen-bond donors (Lipinski definition) is 1. The van der Waals surface area contributed by atoms with Gasteiger partial charge in [0.05, 0.1) is 12.2 Å². The molecule has 2 heteroatoms. The fourth-order valence-electron chi connectivity index (χ4n) is 1.38. The van der Waals surface area contributed by atoms with Crippen molar-refractivity contribution in [1.82, 2.24) is 4.98 Å². The number of rotatable bonds is 0. The van der Waals surface area contributed by atoms with Crippen molar-refractivity contribution in [3.63, 3.8) is 0 Å². The van der Waals surface area contributed by atoms with Crippen molar-refractivity contribution in [3.8, 4) is 0 Å². The molecule has 0 aromatic carbocycles. The molecule has 10 heavy (non-hydrogen) atoms. The summed E-state index contributed by atoms with van der Waals surface area (Å²) in [6, 6.07) is 4.18. The third-order valence-corrected chi connectivity index (χ3v) is 1.93. The number of fused-ring (bicyclic) bond motifs is 1. The first-order valence-electron chi connectivity index (χ1n) is 3.71. The maximum absolute atomic E-state index is 4.30. The van der Waals surface area contributed by atoms with Gasteiger partial charge in [0.15, 0.2) is 0 Å². The molecule has 1 aliphatic rings. The Labute approximate surface area is 60.3 Å². The van der Waals surface area contributed by atoms with Crippen molar-refractivity contribution in [2.75, 3.05) is 6.54 Å². The van der Waals surface area contributed by atoms with E-state index in [1.165, 1.54) is 17.8 Å². The Kier molecular flexibility index (Phi) is 1.40. The van der Waals surface area contributed by atoms with Crippen LogP contribution in [0, 0.1) is 0 Å². The monoisotopic (exact) mass is 135 g/mol. The van der Waals surface area contributed by atoms with E-state index in [4.69, 9.17) is 0 Å². The van der Waals surface area contributed by atoms with E-state index in [2.05, 4.69) is 16.4 Å². The Hall–Kier alpha value is -0.890. The van der Waals surface area contributed by atoms with E-state index < -0.39 is 0 Å². The molecule has 0 spiro atoms. The number of nitrogens with two attached hydrogens (primary N) is 1. The van der Waals surface area contributed by atoms with E-state index in [1.807, 2.05) is 12.3 Å². The zero-order valence-electron chi connectivity index (χ0n) is 5.88. The SMILES string of the molecule is c1cnc2c(c1)C[NH2+]CC2. The Morgan fingerprint density at radius 1 is 1.50 bits per heavy atom. The van der Waals surface area contributed by atoms with Crippen LogP contribution < -0.4 is 5.32 Å². The van der Waals surface area contributed by atoms with Gasteiger partial charge in [0.25, 0.3) is 0 Å². The molecule has 2 rings (SSSR count). The highest BCUT2D eigenvalue weighted by atomic mass is 14.9. The van der Waals surface area contributed by atoms with E-state index >= 15 is 0 Å². The van der Waals surface area contributed by atoms with Crippen molar-refractivity contribution in [2.45, 2.75) is 13.0 Å². The van der Waals surface area contributed by atoms with Gasteiger partial charge in [-0.2, -0.15) is 0 Å². The predicted octanol–water partition coefficient (Wildman–Crippen LogP) is -0.299. The fraction of sp³-hybridized carbons (Fsp3) is 0.375. The second-order valence-corrected chi connectivity index (χ2v) is 2.64. The summed E-state index contributed by atoms with van der Waals surface area (Å²) in [6.07, 6.45) is 3.01. The molecule has 0 radical (unpaired) electrons. The third-order valence-electron chi connectivity index (χ3n) is 1.93. The summed E-state index contributed by atoms with van der Waals surface area (Å²) >= 11 is 0. The average molecular weight is 135 g/mol. The summed E-state index contributed by atoms with van der Waals surface area (Å²) < 4.78 is 0. The van der Waals surface area contributed by atoms with Crippen LogP contribution >= 0.6 is 0 Å². The standard InChI is InChI=1S/C8H10N2/c1-2-7-6-9-5-3-8(7)10-4-1/h1-2,4,9H,3,5-6H2/p+1. The Morgan fingerprint density at radius 3 is 3.40 bits per heavy atom. The van der Waals surface area contributed by atoms with Crippen molar-refractivity contribution >= 4 is 0 Å². The molecular weight excluding hydrogens is 124 g/mol.